The quantitative estimate of drug-likeness (QED) is 0.654. The highest BCUT2D eigenvalue weighted by Crippen LogP contribution is 2.36. The number of nitro benzene ring substituents is 1. The molecule has 0 aromatic heterocycles. The summed E-state index contributed by atoms with van der Waals surface area (Å²) in [6.45, 7) is 1.46. The van der Waals surface area contributed by atoms with Gasteiger partial charge < -0.3 is 10.1 Å². The predicted octanol–water partition coefficient (Wildman–Crippen LogP) is 4.03. The molecule has 1 heterocycles. The topological polar surface area (TPSA) is 64.4 Å². The minimum Gasteiger partial charge on any atom is -0.381 e. The first-order valence-electron chi connectivity index (χ1n) is 8.02. The van der Waals surface area contributed by atoms with Gasteiger partial charge in [0.05, 0.1) is 4.92 Å². The molecular weight excluding hydrogens is 330 g/mol. The molecule has 0 atom stereocenters. The Kier molecular flexibility index (Phi) is 4.94. The molecule has 0 bridgehead atoms. The lowest BCUT2D eigenvalue weighted by Gasteiger charge is -2.38. The summed E-state index contributed by atoms with van der Waals surface area (Å²) in [5.74, 6) is -0.865. The average molecular weight is 348 g/mol. The van der Waals surface area contributed by atoms with Crippen LogP contribution in [0.1, 0.15) is 18.4 Å². The van der Waals surface area contributed by atoms with Crippen molar-refractivity contribution in [1.29, 1.82) is 0 Å². The fourth-order valence-electron chi connectivity index (χ4n) is 3.21. The summed E-state index contributed by atoms with van der Waals surface area (Å²) >= 11 is 0. The van der Waals surface area contributed by atoms with Gasteiger partial charge in [0.1, 0.15) is 17.3 Å². The molecule has 0 aliphatic carbocycles. The molecule has 2 aromatic rings. The highest BCUT2D eigenvalue weighted by Gasteiger charge is 2.35. The zero-order valence-corrected chi connectivity index (χ0v) is 13.5. The maximum absolute atomic E-state index is 13.5. The lowest BCUT2D eigenvalue weighted by molar-refractivity contribution is -0.384. The second kappa shape index (κ2) is 7.14. The first-order chi connectivity index (χ1) is 12.0. The van der Waals surface area contributed by atoms with Crippen molar-refractivity contribution in [2.45, 2.75) is 18.3 Å². The molecule has 0 saturated carbocycles. The van der Waals surface area contributed by atoms with Crippen LogP contribution in [-0.2, 0) is 10.2 Å². The Labute approximate surface area is 143 Å². The molecule has 1 aliphatic heterocycles. The van der Waals surface area contributed by atoms with Crippen molar-refractivity contribution in [3.63, 3.8) is 0 Å². The fraction of sp³-hybridized carbons (Fsp3) is 0.333. The van der Waals surface area contributed by atoms with Crippen molar-refractivity contribution in [1.82, 2.24) is 0 Å². The van der Waals surface area contributed by atoms with E-state index in [2.05, 4.69) is 5.32 Å². The van der Waals surface area contributed by atoms with E-state index in [1.54, 1.807) is 12.1 Å². The number of ether oxygens (including phenoxy) is 1. The largest absolute Gasteiger partial charge is 0.381 e. The van der Waals surface area contributed by atoms with Gasteiger partial charge in [-0.25, -0.2) is 8.78 Å². The Morgan fingerprint density at radius 1 is 1.08 bits per heavy atom. The molecule has 3 rings (SSSR count). The Balaban J connectivity index is 1.88. The van der Waals surface area contributed by atoms with Crippen LogP contribution in [0.2, 0.25) is 0 Å². The van der Waals surface area contributed by atoms with Crippen molar-refractivity contribution in [3.8, 4) is 0 Å². The van der Waals surface area contributed by atoms with Gasteiger partial charge in [0.15, 0.2) is 0 Å². The van der Waals surface area contributed by atoms with Crippen LogP contribution in [0.4, 0.5) is 20.2 Å². The van der Waals surface area contributed by atoms with Crippen molar-refractivity contribution in [2.75, 3.05) is 25.1 Å². The number of hydrogen-bond acceptors (Lipinski definition) is 4. The molecular formula is C18H18F2N2O3. The number of halogens is 2. The number of benzene rings is 2. The van der Waals surface area contributed by atoms with Crippen molar-refractivity contribution >= 4 is 11.4 Å². The maximum atomic E-state index is 13.5. The number of nitrogens with zero attached hydrogens (tertiary/aromatic N) is 1. The minimum atomic E-state index is -0.545. The molecule has 0 spiro atoms. The van der Waals surface area contributed by atoms with Gasteiger partial charge in [-0.3, -0.25) is 10.1 Å². The van der Waals surface area contributed by atoms with Crippen LogP contribution in [0.3, 0.4) is 0 Å². The summed E-state index contributed by atoms with van der Waals surface area (Å²) in [5, 5.41) is 14.2. The Bertz CT molecular complexity index is 759. The minimum absolute atomic E-state index is 0.137. The Hall–Kier alpha value is -2.54. The first-order valence-corrected chi connectivity index (χ1v) is 8.02. The van der Waals surface area contributed by atoms with Crippen LogP contribution < -0.4 is 5.32 Å². The number of anilines is 1. The van der Waals surface area contributed by atoms with E-state index < -0.39 is 10.7 Å². The highest BCUT2D eigenvalue weighted by atomic mass is 19.1. The van der Waals surface area contributed by atoms with E-state index in [0.717, 1.165) is 23.8 Å². The molecule has 2 aromatic carbocycles. The summed E-state index contributed by atoms with van der Waals surface area (Å²) in [7, 11) is 0. The van der Waals surface area contributed by atoms with Crippen LogP contribution in [0.5, 0.6) is 0 Å². The van der Waals surface area contributed by atoms with Crippen LogP contribution in [0.25, 0.3) is 0 Å². The SMILES string of the molecule is O=[N+]([O-])c1ccc(F)cc1NCC1(c2ccc(F)cc2)CCOCC1. The molecule has 25 heavy (non-hydrogen) atoms. The van der Waals surface area contributed by atoms with Crippen LogP contribution in [0.15, 0.2) is 42.5 Å². The third-order valence-corrected chi connectivity index (χ3v) is 4.68. The molecule has 5 nitrogen and oxygen atoms in total. The number of hydrogen-bond donors (Lipinski definition) is 1. The predicted molar refractivity (Wildman–Crippen MR) is 89.7 cm³/mol. The molecule has 1 aliphatic rings. The first kappa shape index (κ1) is 17.3. The lowest BCUT2D eigenvalue weighted by atomic mass is 9.74. The standard InChI is InChI=1S/C18H18F2N2O3/c19-14-3-1-13(2-4-14)18(7-9-25-10-8-18)12-21-16-11-15(20)5-6-17(16)22(23)24/h1-6,11,21H,7-10,12H2. The van der Waals surface area contributed by atoms with E-state index >= 15 is 0 Å². The summed E-state index contributed by atoms with van der Waals surface area (Å²) in [5.41, 5.74) is 0.538. The third kappa shape index (κ3) is 3.76. The average Bonchev–Trinajstić information content (AvgIpc) is 2.61. The van der Waals surface area contributed by atoms with Gasteiger partial charge in [0.25, 0.3) is 5.69 Å². The summed E-state index contributed by atoms with van der Waals surface area (Å²) in [6.07, 6.45) is 1.38. The van der Waals surface area contributed by atoms with Gasteiger partial charge in [0, 0.05) is 37.3 Å². The van der Waals surface area contributed by atoms with Crippen LogP contribution >= 0.6 is 0 Å². The molecule has 0 amide bonds. The summed E-state index contributed by atoms with van der Waals surface area (Å²) in [4.78, 5) is 10.6. The van der Waals surface area contributed by atoms with Gasteiger partial charge in [-0.05, 0) is 36.6 Å². The van der Waals surface area contributed by atoms with E-state index in [1.165, 1.54) is 12.1 Å². The van der Waals surface area contributed by atoms with Crippen molar-refractivity contribution < 1.29 is 18.4 Å². The van der Waals surface area contributed by atoms with Crippen molar-refractivity contribution in [2.24, 2.45) is 0 Å². The zero-order chi connectivity index (χ0) is 17.9. The van der Waals surface area contributed by atoms with E-state index in [0.29, 0.717) is 32.6 Å². The number of rotatable bonds is 5. The Morgan fingerprint density at radius 3 is 2.36 bits per heavy atom. The van der Waals surface area contributed by atoms with Gasteiger partial charge in [-0.15, -0.1) is 0 Å². The summed E-state index contributed by atoms with van der Waals surface area (Å²) in [6, 6.07) is 9.58. The number of nitrogens with one attached hydrogen (secondary N) is 1. The normalized spacial score (nSPS) is 16.4. The van der Waals surface area contributed by atoms with E-state index in [4.69, 9.17) is 4.74 Å². The molecule has 1 N–H and O–H groups in total. The van der Waals surface area contributed by atoms with E-state index in [1.807, 2.05) is 0 Å². The maximum Gasteiger partial charge on any atom is 0.292 e. The lowest BCUT2D eigenvalue weighted by Crippen LogP contribution is -2.40. The zero-order valence-electron chi connectivity index (χ0n) is 13.5. The fourth-order valence-corrected chi connectivity index (χ4v) is 3.21. The van der Waals surface area contributed by atoms with Crippen LogP contribution in [0, 0.1) is 21.7 Å². The second-order valence-electron chi connectivity index (χ2n) is 6.17. The van der Waals surface area contributed by atoms with Gasteiger partial charge in [-0.1, -0.05) is 12.1 Å². The molecule has 1 saturated heterocycles. The number of nitro groups is 1. The van der Waals surface area contributed by atoms with Gasteiger partial charge in [-0.2, -0.15) is 0 Å². The molecule has 132 valence electrons. The molecule has 0 unspecified atom stereocenters. The second-order valence-corrected chi connectivity index (χ2v) is 6.17. The van der Waals surface area contributed by atoms with Gasteiger partial charge >= 0.3 is 0 Å². The van der Waals surface area contributed by atoms with Crippen molar-refractivity contribution in [3.05, 3.63) is 69.8 Å². The third-order valence-electron chi connectivity index (χ3n) is 4.68. The smallest absolute Gasteiger partial charge is 0.292 e. The molecule has 7 heteroatoms. The Morgan fingerprint density at radius 2 is 1.72 bits per heavy atom. The van der Waals surface area contributed by atoms with E-state index in [9.17, 15) is 18.9 Å². The molecule has 0 radical (unpaired) electrons. The van der Waals surface area contributed by atoms with Crippen LogP contribution in [-0.4, -0.2) is 24.7 Å². The molecule has 1 fully saturated rings. The monoisotopic (exact) mass is 348 g/mol. The summed E-state index contributed by atoms with van der Waals surface area (Å²) < 4.78 is 32.2. The van der Waals surface area contributed by atoms with E-state index in [-0.39, 0.29) is 22.6 Å². The highest BCUT2D eigenvalue weighted by molar-refractivity contribution is 5.61. The van der Waals surface area contributed by atoms with Gasteiger partial charge in [0.2, 0.25) is 0 Å².